The highest BCUT2D eigenvalue weighted by molar-refractivity contribution is 5.45. The second kappa shape index (κ2) is 5.98. The zero-order chi connectivity index (χ0) is 16.4. The number of piperazine rings is 1. The van der Waals surface area contributed by atoms with Crippen molar-refractivity contribution in [3.8, 4) is 0 Å². The van der Waals surface area contributed by atoms with Gasteiger partial charge in [0.25, 0.3) is 0 Å². The number of rotatable bonds is 2. The zero-order valence-electron chi connectivity index (χ0n) is 12.5. The molecule has 0 amide bonds. The molecule has 122 valence electrons. The van der Waals surface area contributed by atoms with Crippen LogP contribution in [0.5, 0.6) is 0 Å². The fraction of sp³-hybridized carbons (Fsp3) is 0.429. The highest BCUT2D eigenvalue weighted by Gasteiger charge is 2.33. The van der Waals surface area contributed by atoms with Gasteiger partial charge in [0.05, 0.1) is 0 Å². The molecule has 0 bridgehead atoms. The van der Waals surface area contributed by atoms with E-state index >= 15 is 0 Å². The second-order valence-electron chi connectivity index (χ2n) is 5.25. The lowest BCUT2D eigenvalue weighted by molar-refractivity contribution is -0.141. The Morgan fingerprint density at radius 1 is 0.826 bits per heavy atom. The molecule has 0 spiro atoms. The van der Waals surface area contributed by atoms with Gasteiger partial charge in [0.2, 0.25) is 0 Å². The van der Waals surface area contributed by atoms with E-state index in [1.165, 1.54) is 6.33 Å². The molecule has 1 aliphatic rings. The summed E-state index contributed by atoms with van der Waals surface area (Å²) in [6, 6.07) is 2.88. The molecule has 6 nitrogen and oxygen atoms in total. The van der Waals surface area contributed by atoms with Gasteiger partial charge in [-0.15, -0.1) is 0 Å². The Morgan fingerprint density at radius 3 is 1.87 bits per heavy atom. The van der Waals surface area contributed by atoms with Crippen LogP contribution in [0.3, 0.4) is 0 Å². The van der Waals surface area contributed by atoms with E-state index in [2.05, 4.69) is 24.8 Å². The third-order valence-corrected chi connectivity index (χ3v) is 3.66. The minimum absolute atomic E-state index is 0.297. The molecule has 3 heterocycles. The van der Waals surface area contributed by atoms with Crippen molar-refractivity contribution < 1.29 is 13.2 Å². The van der Waals surface area contributed by atoms with Gasteiger partial charge in [-0.3, -0.25) is 0 Å². The first kappa shape index (κ1) is 15.4. The molecule has 0 saturated carbocycles. The van der Waals surface area contributed by atoms with E-state index in [0.717, 1.165) is 23.9 Å². The summed E-state index contributed by atoms with van der Waals surface area (Å²) in [6.45, 7) is 4.33. The maximum Gasteiger partial charge on any atom is 0.433 e. The zero-order valence-corrected chi connectivity index (χ0v) is 12.5. The van der Waals surface area contributed by atoms with Crippen LogP contribution in [0.25, 0.3) is 0 Å². The fourth-order valence-corrected chi connectivity index (χ4v) is 2.45. The number of hydrogen-bond acceptors (Lipinski definition) is 6. The lowest BCUT2D eigenvalue weighted by atomic mass is 10.3. The first-order chi connectivity index (χ1) is 10.9. The van der Waals surface area contributed by atoms with Crippen molar-refractivity contribution in [3.05, 3.63) is 36.2 Å². The minimum Gasteiger partial charge on any atom is -0.353 e. The molecular formula is C14H15F3N6. The number of aromatic nitrogens is 4. The summed E-state index contributed by atoms with van der Waals surface area (Å²) >= 11 is 0. The summed E-state index contributed by atoms with van der Waals surface area (Å²) < 4.78 is 38.2. The predicted molar refractivity (Wildman–Crippen MR) is 78.2 cm³/mol. The van der Waals surface area contributed by atoms with E-state index in [4.69, 9.17) is 0 Å². The van der Waals surface area contributed by atoms with E-state index in [0.29, 0.717) is 32.0 Å². The summed E-state index contributed by atoms with van der Waals surface area (Å²) in [5, 5.41) is 0. The summed E-state index contributed by atoms with van der Waals surface area (Å²) in [7, 11) is 0. The van der Waals surface area contributed by atoms with E-state index < -0.39 is 11.9 Å². The molecular weight excluding hydrogens is 309 g/mol. The SMILES string of the molecule is Cc1cc(N2CCN(c3cc(C(F)(F)F)ncn3)CC2)ncn1. The number of halogens is 3. The largest absolute Gasteiger partial charge is 0.433 e. The predicted octanol–water partition coefficient (Wildman–Crippen LogP) is 1.92. The Morgan fingerprint density at radius 2 is 1.35 bits per heavy atom. The highest BCUT2D eigenvalue weighted by atomic mass is 19.4. The number of aryl methyl sites for hydroxylation is 1. The molecule has 23 heavy (non-hydrogen) atoms. The van der Waals surface area contributed by atoms with Crippen molar-refractivity contribution in [3.63, 3.8) is 0 Å². The van der Waals surface area contributed by atoms with Crippen molar-refractivity contribution in [2.75, 3.05) is 36.0 Å². The van der Waals surface area contributed by atoms with Crippen LogP contribution in [-0.2, 0) is 6.18 Å². The Bertz CT molecular complexity index is 682. The molecule has 0 aromatic carbocycles. The van der Waals surface area contributed by atoms with Gasteiger partial charge in [-0.05, 0) is 6.92 Å². The highest BCUT2D eigenvalue weighted by Crippen LogP contribution is 2.29. The average molecular weight is 324 g/mol. The van der Waals surface area contributed by atoms with Gasteiger partial charge in [0, 0.05) is 44.0 Å². The van der Waals surface area contributed by atoms with Crippen LogP contribution < -0.4 is 9.80 Å². The maximum absolute atomic E-state index is 12.7. The summed E-state index contributed by atoms with van der Waals surface area (Å²) in [5.74, 6) is 1.13. The molecule has 0 N–H and O–H groups in total. The van der Waals surface area contributed by atoms with Crippen molar-refractivity contribution in [2.45, 2.75) is 13.1 Å². The van der Waals surface area contributed by atoms with Crippen LogP contribution in [0.4, 0.5) is 24.8 Å². The summed E-state index contributed by atoms with van der Waals surface area (Å²) in [5.41, 5.74) is -0.0422. The molecule has 3 rings (SSSR count). The number of nitrogens with zero attached hydrogens (tertiary/aromatic N) is 6. The van der Waals surface area contributed by atoms with Gasteiger partial charge in [0.1, 0.15) is 30.0 Å². The standard InChI is InChI=1S/C14H15F3N6/c1-10-6-12(20-8-18-10)22-2-4-23(5-3-22)13-7-11(14(15,16)17)19-9-21-13/h6-9H,2-5H2,1H3. The topological polar surface area (TPSA) is 58.0 Å². The number of hydrogen-bond donors (Lipinski definition) is 0. The number of anilines is 2. The normalized spacial score (nSPS) is 15.8. The van der Waals surface area contributed by atoms with Gasteiger partial charge in [-0.2, -0.15) is 13.2 Å². The fourth-order valence-electron chi connectivity index (χ4n) is 2.45. The Hall–Kier alpha value is -2.45. The smallest absolute Gasteiger partial charge is 0.353 e. The van der Waals surface area contributed by atoms with Gasteiger partial charge in [-0.25, -0.2) is 19.9 Å². The Balaban J connectivity index is 1.70. The lowest BCUT2D eigenvalue weighted by Gasteiger charge is -2.36. The average Bonchev–Trinajstić information content (AvgIpc) is 2.54. The Kier molecular flexibility index (Phi) is 4.01. The second-order valence-corrected chi connectivity index (χ2v) is 5.25. The third kappa shape index (κ3) is 3.49. The van der Waals surface area contributed by atoms with E-state index in [-0.39, 0.29) is 0 Å². The quantitative estimate of drug-likeness (QED) is 0.841. The first-order valence-corrected chi connectivity index (χ1v) is 7.11. The molecule has 0 aliphatic carbocycles. The first-order valence-electron chi connectivity index (χ1n) is 7.11. The molecule has 0 radical (unpaired) electrons. The van der Waals surface area contributed by atoms with Gasteiger partial charge >= 0.3 is 6.18 Å². The minimum atomic E-state index is -4.46. The molecule has 9 heteroatoms. The molecule has 1 saturated heterocycles. The molecule has 0 atom stereocenters. The lowest BCUT2D eigenvalue weighted by Crippen LogP contribution is -2.47. The van der Waals surface area contributed by atoms with E-state index in [1.54, 1.807) is 0 Å². The van der Waals surface area contributed by atoms with E-state index in [9.17, 15) is 13.2 Å². The monoisotopic (exact) mass is 324 g/mol. The third-order valence-electron chi connectivity index (χ3n) is 3.66. The van der Waals surface area contributed by atoms with Crippen LogP contribution in [0.15, 0.2) is 24.8 Å². The molecule has 2 aromatic heterocycles. The molecule has 2 aromatic rings. The number of alkyl halides is 3. The summed E-state index contributed by atoms with van der Waals surface area (Å²) in [4.78, 5) is 19.4. The van der Waals surface area contributed by atoms with Crippen molar-refractivity contribution in [2.24, 2.45) is 0 Å². The maximum atomic E-state index is 12.7. The van der Waals surface area contributed by atoms with Crippen molar-refractivity contribution in [1.29, 1.82) is 0 Å². The van der Waals surface area contributed by atoms with Crippen molar-refractivity contribution >= 4 is 11.6 Å². The molecule has 1 fully saturated rings. The van der Waals surface area contributed by atoms with Crippen LogP contribution in [0.2, 0.25) is 0 Å². The van der Waals surface area contributed by atoms with Gasteiger partial charge in [0.15, 0.2) is 0 Å². The van der Waals surface area contributed by atoms with Crippen LogP contribution in [-0.4, -0.2) is 46.1 Å². The summed E-state index contributed by atoms with van der Waals surface area (Å²) in [6.07, 6.45) is -1.99. The Labute approximate surface area is 131 Å². The molecule has 0 unspecified atom stereocenters. The van der Waals surface area contributed by atoms with E-state index in [1.807, 2.05) is 17.9 Å². The van der Waals surface area contributed by atoms with Crippen LogP contribution >= 0.6 is 0 Å². The van der Waals surface area contributed by atoms with Crippen LogP contribution in [0.1, 0.15) is 11.4 Å². The van der Waals surface area contributed by atoms with Gasteiger partial charge in [-0.1, -0.05) is 0 Å². The van der Waals surface area contributed by atoms with Gasteiger partial charge < -0.3 is 9.80 Å². The molecule has 1 aliphatic heterocycles. The van der Waals surface area contributed by atoms with Crippen LogP contribution in [0, 0.1) is 6.92 Å². The van der Waals surface area contributed by atoms with Crippen molar-refractivity contribution in [1.82, 2.24) is 19.9 Å².